The highest BCUT2D eigenvalue weighted by Crippen LogP contribution is 2.29. The summed E-state index contributed by atoms with van der Waals surface area (Å²) in [5, 5.41) is 13.8. The topological polar surface area (TPSA) is 213 Å². The van der Waals surface area contributed by atoms with Gasteiger partial charge in [-0.2, -0.15) is 0 Å². The molecular formula is C60H77Cl2N5O12. The van der Waals surface area contributed by atoms with Crippen LogP contribution in [0, 0.1) is 0 Å². The Bertz CT molecular complexity index is 2720. The van der Waals surface area contributed by atoms with Crippen molar-refractivity contribution < 1.29 is 57.5 Å². The van der Waals surface area contributed by atoms with Gasteiger partial charge in [0.05, 0.1) is 51.3 Å². The number of benzene rings is 4. The van der Waals surface area contributed by atoms with Crippen LogP contribution in [0.2, 0.25) is 10.0 Å². The largest absolute Gasteiger partial charge is 0.464 e. The van der Waals surface area contributed by atoms with Crippen LogP contribution in [0.15, 0.2) is 84.9 Å². The van der Waals surface area contributed by atoms with Crippen molar-refractivity contribution in [3.8, 4) is 5.75 Å². The van der Waals surface area contributed by atoms with Gasteiger partial charge < -0.3 is 29.6 Å². The summed E-state index contributed by atoms with van der Waals surface area (Å²) in [5.74, 6) is -4.45. The minimum Gasteiger partial charge on any atom is -0.464 e. The lowest BCUT2D eigenvalue weighted by atomic mass is 10.1. The second-order valence-electron chi connectivity index (χ2n) is 19.6. The number of para-hydroxylation sites is 1. The van der Waals surface area contributed by atoms with Gasteiger partial charge in [0.1, 0.15) is 17.9 Å². The molecule has 3 unspecified atom stereocenters. The second-order valence-corrected chi connectivity index (χ2v) is 20.4. The molecule has 0 fully saturated rings. The standard InChI is InChI=1S/C60H77Cl2N5O12/c1-5-7-9-11-13-15-17-19-21-26-36-74-57(70)42(3)77-59(72)45-31-34-49(62)51(39-45)64-56(69)54(67-53-35-32-46(40-52(53)65-66-67)60(73)78-47-28-24-23-25-29-47)55(68)63-50-38-44(30-33-48(50)61)41-76-79-43(4)58(71)75-37-27-22-20-18-16-14-12-10-8-6-2/h23-25,28-35,38-40,42-43,54H,5-22,26-27,36-37,41H2,1-4H3,(H,63,68)(H,64,69). The highest BCUT2D eigenvalue weighted by atomic mass is 35.5. The van der Waals surface area contributed by atoms with Gasteiger partial charge in [0.2, 0.25) is 6.04 Å². The Morgan fingerprint density at radius 1 is 0.557 bits per heavy atom. The zero-order valence-corrected chi connectivity index (χ0v) is 47.6. The lowest BCUT2D eigenvalue weighted by Gasteiger charge is -2.19. The van der Waals surface area contributed by atoms with Gasteiger partial charge >= 0.3 is 23.9 Å². The highest BCUT2D eigenvalue weighted by molar-refractivity contribution is 6.35. The fourth-order valence-electron chi connectivity index (χ4n) is 8.44. The van der Waals surface area contributed by atoms with Crippen molar-refractivity contribution in [3.63, 3.8) is 0 Å². The van der Waals surface area contributed by atoms with Crippen LogP contribution >= 0.6 is 23.2 Å². The summed E-state index contributed by atoms with van der Waals surface area (Å²) in [6.45, 7) is 7.65. The van der Waals surface area contributed by atoms with Crippen molar-refractivity contribution in [1.29, 1.82) is 0 Å². The summed E-state index contributed by atoms with van der Waals surface area (Å²) in [5.41, 5.74) is 0.822. The molecule has 0 radical (unpaired) electrons. The first kappa shape index (κ1) is 63.4. The zero-order chi connectivity index (χ0) is 56.8. The number of halogens is 2. The predicted octanol–water partition coefficient (Wildman–Crippen LogP) is 14.1. The molecule has 2 amide bonds. The Morgan fingerprint density at radius 3 is 1.62 bits per heavy atom. The lowest BCUT2D eigenvalue weighted by molar-refractivity contribution is -0.325. The molecule has 0 aliphatic carbocycles. The summed E-state index contributed by atoms with van der Waals surface area (Å²) in [6.07, 6.45) is 20.6. The maximum absolute atomic E-state index is 14.5. The molecule has 2 N–H and O–H groups in total. The predicted molar refractivity (Wildman–Crippen MR) is 304 cm³/mol. The molecule has 19 heteroatoms. The SMILES string of the molecule is CCCCCCCCCCCCOC(=O)C(C)OOCc1ccc(Cl)c(NC(=O)C(C(=O)Nc2cc(C(=O)OC(C)C(=O)OCCCCCCCCCCCC)ccc2Cl)n2nnc3cc(C(=O)Oc4ccccc4)ccc32)c1. The van der Waals surface area contributed by atoms with Crippen LogP contribution in [-0.4, -0.2) is 76.1 Å². The number of hydrogen-bond acceptors (Lipinski definition) is 14. The van der Waals surface area contributed by atoms with Crippen LogP contribution in [0.4, 0.5) is 11.4 Å². The summed E-state index contributed by atoms with van der Waals surface area (Å²) < 4.78 is 22.8. The molecular weight excluding hydrogens is 1050 g/mol. The first-order chi connectivity index (χ1) is 38.3. The van der Waals surface area contributed by atoms with E-state index in [1.165, 1.54) is 146 Å². The molecule has 0 saturated heterocycles. The number of carbonyl (C=O) groups excluding carboxylic acids is 6. The van der Waals surface area contributed by atoms with E-state index in [9.17, 15) is 28.8 Å². The van der Waals surface area contributed by atoms with Gasteiger partial charge in [-0.05, 0) is 92.9 Å². The van der Waals surface area contributed by atoms with Crippen LogP contribution in [0.25, 0.3) is 11.0 Å². The second kappa shape index (κ2) is 35.3. The Kier molecular flexibility index (Phi) is 28.3. The Labute approximate surface area is 474 Å². The Hall–Kier alpha value is -6.40. The van der Waals surface area contributed by atoms with Gasteiger partial charge in [0.25, 0.3) is 11.8 Å². The quantitative estimate of drug-likeness (QED) is 0.00720. The number of unbranched alkanes of at least 4 members (excludes halogenated alkanes) is 18. The number of ether oxygens (including phenoxy) is 4. The summed E-state index contributed by atoms with van der Waals surface area (Å²) in [7, 11) is 0. The normalized spacial score (nSPS) is 12.3. The van der Waals surface area contributed by atoms with Crippen LogP contribution in [0.1, 0.15) is 188 Å². The molecule has 79 heavy (non-hydrogen) atoms. The number of carbonyl (C=O) groups is 6. The molecule has 0 aliphatic heterocycles. The third-order valence-electron chi connectivity index (χ3n) is 13.0. The monoisotopic (exact) mass is 1130 g/mol. The minimum absolute atomic E-state index is 0.00680. The number of hydrogen-bond donors (Lipinski definition) is 2. The van der Waals surface area contributed by atoms with Gasteiger partial charge in [0.15, 0.2) is 12.2 Å². The Balaban J connectivity index is 1.23. The van der Waals surface area contributed by atoms with E-state index in [0.29, 0.717) is 17.7 Å². The van der Waals surface area contributed by atoms with Gasteiger partial charge in [-0.1, -0.05) is 182 Å². The smallest absolute Gasteiger partial charge is 0.347 e. The van der Waals surface area contributed by atoms with Gasteiger partial charge in [-0.15, -0.1) is 5.10 Å². The Morgan fingerprint density at radius 2 is 1.05 bits per heavy atom. The molecule has 1 aromatic heterocycles. The van der Waals surface area contributed by atoms with E-state index in [0.717, 1.165) is 43.2 Å². The van der Waals surface area contributed by atoms with E-state index >= 15 is 0 Å². The van der Waals surface area contributed by atoms with Crippen molar-refractivity contribution in [2.24, 2.45) is 0 Å². The van der Waals surface area contributed by atoms with E-state index in [4.69, 9.17) is 51.9 Å². The molecule has 0 bridgehead atoms. The molecule has 17 nitrogen and oxygen atoms in total. The first-order valence-corrected chi connectivity index (χ1v) is 28.7. The molecule has 4 aromatic carbocycles. The highest BCUT2D eigenvalue weighted by Gasteiger charge is 2.33. The van der Waals surface area contributed by atoms with E-state index in [1.54, 1.807) is 36.4 Å². The fraction of sp³-hybridized carbons (Fsp3) is 0.500. The number of rotatable bonds is 37. The number of nitrogens with zero attached hydrogens (tertiary/aromatic N) is 3. The summed E-state index contributed by atoms with van der Waals surface area (Å²) >= 11 is 13.2. The summed E-state index contributed by atoms with van der Waals surface area (Å²) in [4.78, 5) is 91.6. The summed E-state index contributed by atoms with van der Waals surface area (Å²) in [6, 6.07) is 19.5. The molecule has 0 saturated carbocycles. The van der Waals surface area contributed by atoms with Gasteiger partial charge in [-0.25, -0.2) is 33.6 Å². The van der Waals surface area contributed by atoms with Crippen molar-refractivity contribution >= 4 is 81.3 Å². The zero-order valence-electron chi connectivity index (χ0n) is 46.1. The van der Waals surface area contributed by atoms with Gasteiger partial charge in [0, 0.05) is 0 Å². The van der Waals surface area contributed by atoms with Crippen LogP contribution in [0.5, 0.6) is 5.75 Å². The van der Waals surface area contributed by atoms with Crippen LogP contribution in [0.3, 0.4) is 0 Å². The average molecular weight is 1130 g/mol. The maximum atomic E-state index is 14.5. The number of fused-ring (bicyclic) bond motifs is 1. The third kappa shape index (κ3) is 22.0. The first-order valence-electron chi connectivity index (χ1n) is 27.9. The third-order valence-corrected chi connectivity index (χ3v) is 13.7. The van der Waals surface area contributed by atoms with E-state index < -0.39 is 53.9 Å². The van der Waals surface area contributed by atoms with Crippen LogP contribution in [-0.2, 0) is 49.8 Å². The number of aromatic nitrogens is 3. The van der Waals surface area contributed by atoms with Gasteiger partial charge in [-0.3, -0.25) is 9.59 Å². The molecule has 1 heterocycles. The van der Waals surface area contributed by atoms with E-state index in [1.807, 2.05) is 0 Å². The molecule has 5 aromatic rings. The minimum atomic E-state index is -1.84. The molecule has 0 spiro atoms. The molecule has 428 valence electrons. The van der Waals surface area contributed by atoms with Crippen LogP contribution < -0.4 is 15.4 Å². The number of anilines is 2. The van der Waals surface area contributed by atoms with Crippen molar-refractivity contribution in [2.45, 2.75) is 181 Å². The molecule has 0 aliphatic rings. The van der Waals surface area contributed by atoms with E-state index in [-0.39, 0.29) is 63.4 Å². The van der Waals surface area contributed by atoms with Crippen molar-refractivity contribution in [2.75, 3.05) is 23.8 Å². The fourth-order valence-corrected chi connectivity index (χ4v) is 8.77. The number of nitrogens with one attached hydrogen (secondary N) is 2. The van der Waals surface area contributed by atoms with E-state index in [2.05, 4.69) is 34.8 Å². The number of esters is 4. The maximum Gasteiger partial charge on any atom is 0.347 e. The number of amides is 2. The molecule has 5 rings (SSSR count). The van der Waals surface area contributed by atoms with Crippen molar-refractivity contribution in [1.82, 2.24) is 15.0 Å². The lowest BCUT2D eigenvalue weighted by Crippen LogP contribution is -2.37. The van der Waals surface area contributed by atoms with Crippen molar-refractivity contribution in [3.05, 3.63) is 112 Å². The average Bonchev–Trinajstić information content (AvgIpc) is 3.93. The molecule has 3 atom stereocenters.